The molecule has 0 radical (unpaired) electrons. The molecule has 32 heavy (non-hydrogen) atoms. The summed E-state index contributed by atoms with van der Waals surface area (Å²) in [7, 11) is 8.41. The molecule has 0 unspecified atom stereocenters. The lowest BCUT2D eigenvalue weighted by Gasteiger charge is -2.13. The van der Waals surface area contributed by atoms with Crippen LogP contribution in [0.5, 0.6) is 17.2 Å². The lowest BCUT2D eigenvalue weighted by Crippen LogP contribution is -2.16. The van der Waals surface area contributed by atoms with Gasteiger partial charge in [-0.05, 0) is 17.7 Å². The molecule has 1 aromatic heterocycles. The Hall–Kier alpha value is -4.08. The molecule has 3 aromatic rings. The summed E-state index contributed by atoms with van der Waals surface area (Å²) in [5.74, 6) is 2.84. The van der Waals surface area contributed by atoms with Crippen LogP contribution < -0.4 is 29.9 Å². The zero-order valence-corrected chi connectivity index (χ0v) is 18.8. The van der Waals surface area contributed by atoms with E-state index < -0.39 is 0 Å². The molecule has 0 fully saturated rings. The quantitative estimate of drug-likeness (QED) is 0.366. The van der Waals surface area contributed by atoms with Gasteiger partial charge in [0.25, 0.3) is 0 Å². The summed E-state index contributed by atoms with van der Waals surface area (Å²) in [6, 6.07) is 13.6. The first kappa shape index (κ1) is 22.6. The predicted molar refractivity (Wildman–Crippen MR) is 125 cm³/mol. The van der Waals surface area contributed by atoms with Gasteiger partial charge in [0.15, 0.2) is 11.5 Å². The summed E-state index contributed by atoms with van der Waals surface area (Å²) in [4.78, 5) is 15.0. The van der Waals surface area contributed by atoms with Crippen LogP contribution in [-0.4, -0.2) is 56.6 Å². The smallest absolute Gasteiger partial charge is 0.250 e. The van der Waals surface area contributed by atoms with E-state index in [4.69, 9.17) is 14.2 Å². The van der Waals surface area contributed by atoms with Crippen molar-refractivity contribution in [3.05, 3.63) is 53.6 Å². The minimum absolute atomic E-state index is 0.308. The third kappa shape index (κ3) is 5.75. The fourth-order valence-electron chi connectivity index (χ4n) is 2.81. The molecule has 0 saturated carbocycles. The Kier molecular flexibility index (Phi) is 7.63. The third-order valence-corrected chi connectivity index (χ3v) is 4.38. The average molecular weight is 438 g/mol. The highest BCUT2D eigenvalue weighted by atomic mass is 16.5. The summed E-state index contributed by atoms with van der Waals surface area (Å²) in [5, 5.41) is 7.47. The zero-order chi connectivity index (χ0) is 22.9. The van der Waals surface area contributed by atoms with Gasteiger partial charge in [0, 0.05) is 26.2 Å². The first-order valence-corrected chi connectivity index (χ1v) is 9.84. The van der Waals surface area contributed by atoms with Gasteiger partial charge in [-0.15, -0.1) is 0 Å². The van der Waals surface area contributed by atoms with Crippen LogP contribution >= 0.6 is 0 Å². The maximum Gasteiger partial charge on any atom is 0.250 e. The van der Waals surface area contributed by atoms with Gasteiger partial charge in [-0.1, -0.05) is 30.3 Å². The van der Waals surface area contributed by atoms with Crippen molar-refractivity contribution in [2.45, 2.75) is 6.54 Å². The second-order valence-corrected chi connectivity index (χ2v) is 6.84. The number of nitrogens with zero attached hydrogens (tertiary/aromatic N) is 5. The first-order chi connectivity index (χ1) is 15.5. The lowest BCUT2D eigenvalue weighted by molar-refractivity contribution is 0.324. The highest BCUT2D eigenvalue weighted by Crippen LogP contribution is 2.37. The van der Waals surface area contributed by atoms with Gasteiger partial charge >= 0.3 is 0 Å². The molecule has 0 spiro atoms. The third-order valence-electron chi connectivity index (χ3n) is 4.38. The van der Waals surface area contributed by atoms with Crippen LogP contribution in [0.3, 0.4) is 0 Å². The van der Waals surface area contributed by atoms with Crippen LogP contribution in [0.25, 0.3) is 0 Å². The molecule has 0 aliphatic carbocycles. The van der Waals surface area contributed by atoms with E-state index in [2.05, 4.69) is 30.8 Å². The van der Waals surface area contributed by atoms with Gasteiger partial charge < -0.3 is 24.4 Å². The van der Waals surface area contributed by atoms with Gasteiger partial charge in [0.05, 0.1) is 27.5 Å². The molecule has 0 amide bonds. The van der Waals surface area contributed by atoms with Crippen LogP contribution in [0, 0.1) is 0 Å². The van der Waals surface area contributed by atoms with E-state index in [-0.39, 0.29) is 0 Å². The number of ether oxygens (including phenoxy) is 3. The van der Waals surface area contributed by atoms with Crippen molar-refractivity contribution >= 4 is 24.1 Å². The number of benzene rings is 2. The monoisotopic (exact) mass is 437 g/mol. The first-order valence-electron chi connectivity index (χ1n) is 9.84. The molecule has 0 atom stereocenters. The highest BCUT2D eigenvalue weighted by molar-refractivity contribution is 5.82. The Morgan fingerprint density at radius 2 is 1.56 bits per heavy atom. The summed E-state index contributed by atoms with van der Waals surface area (Å²) < 4.78 is 16.1. The van der Waals surface area contributed by atoms with Gasteiger partial charge in [-0.25, -0.2) is 5.43 Å². The largest absolute Gasteiger partial charge is 0.493 e. The SMILES string of the molecule is COc1cc(/C=N/Nc2nc(NCc3ccccc3)nc(N(C)C)n2)cc(OC)c1OC. The molecule has 2 N–H and O–H groups in total. The fourth-order valence-corrected chi connectivity index (χ4v) is 2.81. The van der Waals surface area contributed by atoms with Crippen molar-refractivity contribution in [3.63, 3.8) is 0 Å². The molecule has 168 valence electrons. The summed E-state index contributed by atoms with van der Waals surface area (Å²) in [6.45, 7) is 0.589. The molecule has 0 aliphatic rings. The fraction of sp³-hybridized carbons (Fsp3) is 0.273. The van der Waals surface area contributed by atoms with Gasteiger partial charge in [0.2, 0.25) is 23.6 Å². The summed E-state index contributed by atoms with van der Waals surface area (Å²) in [6.07, 6.45) is 1.61. The number of nitrogens with one attached hydrogen (secondary N) is 2. The molecular formula is C22H27N7O3. The van der Waals surface area contributed by atoms with E-state index in [1.807, 2.05) is 44.4 Å². The van der Waals surface area contributed by atoms with Crippen LogP contribution in [0.15, 0.2) is 47.6 Å². The van der Waals surface area contributed by atoms with E-state index in [0.717, 1.165) is 11.1 Å². The number of anilines is 3. The zero-order valence-electron chi connectivity index (χ0n) is 18.8. The number of aromatic nitrogens is 3. The van der Waals surface area contributed by atoms with Gasteiger partial charge in [-0.3, -0.25) is 0 Å². The van der Waals surface area contributed by atoms with Crippen molar-refractivity contribution in [2.75, 3.05) is 51.1 Å². The molecule has 3 rings (SSSR count). The van der Waals surface area contributed by atoms with E-state index >= 15 is 0 Å². The lowest BCUT2D eigenvalue weighted by atomic mass is 10.2. The standard InChI is InChI=1S/C22H27N7O3/c1-29(2)22-26-20(23-13-15-9-7-6-8-10-15)25-21(27-22)28-24-14-16-11-17(30-3)19(32-5)18(12-16)31-4/h6-12,14H,13H2,1-5H3,(H2,23,25,26,27,28)/b24-14+. The van der Waals surface area contributed by atoms with E-state index in [1.165, 1.54) is 0 Å². The van der Waals surface area contributed by atoms with Crippen molar-refractivity contribution in [3.8, 4) is 17.2 Å². The Bertz CT molecular complexity index is 1030. The van der Waals surface area contributed by atoms with Crippen molar-refractivity contribution in [1.82, 2.24) is 15.0 Å². The number of methoxy groups -OCH3 is 3. The van der Waals surface area contributed by atoms with E-state index in [1.54, 1.807) is 44.6 Å². The Labute approximate surface area is 187 Å². The second kappa shape index (κ2) is 10.8. The predicted octanol–water partition coefficient (Wildman–Crippen LogP) is 3.02. The summed E-state index contributed by atoms with van der Waals surface area (Å²) in [5.41, 5.74) is 4.72. The van der Waals surface area contributed by atoms with Gasteiger partial charge in [-0.2, -0.15) is 20.1 Å². The van der Waals surface area contributed by atoms with Crippen molar-refractivity contribution in [1.29, 1.82) is 0 Å². The number of hydrogen-bond donors (Lipinski definition) is 2. The van der Waals surface area contributed by atoms with Crippen LogP contribution in [0.4, 0.5) is 17.8 Å². The van der Waals surface area contributed by atoms with Crippen LogP contribution in [0.2, 0.25) is 0 Å². The Morgan fingerprint density at radius 1 is 0.906 bits per heavy atom. The van der Waals surface area contributed by atoms with Gasteiger partial charge in [0.1, 0.15) is 0 Å². The molecule has 2 aromatic carbocycles. The molecular weight excluding hydrogens is 410 g/mol. The van der Waals surface area contributed by atoms with E-state index in [0.29, 0.717) is 41.6 Å². The number of hydrogen-bond acceptors (Lipinski definition) is 10. The minimum atomic E-state index is 0.308. The molecule has 1 heterocycles. The van der Waals surface area contributed by atoms with E-state index in [9.17, 15) is 0 Å². The molecule has 0 saturated heterocycles. The number of rotatable bonds is 10. The maximum absolute atomic E-state index is 5.37. The summed E-state index contributed by atoms with van der Waals surface area (Å²) >= 11 is 0. The molecule has 10 nitrogen and oxygen atoms in total. The number of hydrazone groups is 1. The van der Waals surface area contributed by atoms with Crippen molar-refractivity contribution in [2.24, 2.45) is 5.10 Å². The minimum Gasteiger partial charge on any atom is -0.493 e. The highest BCUT2D eigenvalue weighted by Gasteiger charge is 2.12. The van der Waals surface area contributed by atoms with Crippen molar-refractivity contribution < 1.29 is 14.2 Å². The average Bonchev–Trinajstić information content (AvgIpc) is 2.82. The Morgan fingerprint density at radius 3 is 2.16 bits per heavy atom. The molecule has 0 bridgehead atoms. The molecule has 10 heteroatoms. The van der Waals surface area contributed by atoms with Crippen LogP contribution in [-0.2, 0) is 6.54 Å². The van der Waals surface area contributed by atoms with Crippen LogP contribution in [0.1, 0.15) is 11.1 Å². The Balaban J connectivity index is 1.77. The second-order valence-electron chi connectivity index (χ2n) is 6.84. The molecule has 0 aliphatic heterocycles. The maximum atomic E-state index is 5.37. The normalized spacial score (nSPS) is 10.7. The topological polar surface area (TPSA) is 106 Å².